The van der Waals surface area contributed by atoms with Crippen LogP contribution in [0, 0.1) is 0 Å². The van der Waals surface area contributed by atoms with Gasteiger partial charge in [-0.15, -0.1) is 25.3 Å². The van der Waals surface area contributed by atoms with E-state index in [1.54, 1.807) is 0 Å². The van der Waals surface area contributed by atoms with Gasteiger partial charge in [-0.3, -0.25) is 0 Å². The molecule has 2 atom stereocenters. The molecule has 0 amide bonds. The summed E-state index contributed by atoms with van der Waals surface area (Å²) in [5, 5.41) is -1.47. The molecule has 0 aromatic heterocycles. The summed E-state index contributed by atoms with van der Waals surface area (Å²) in [6.45, 7) is 5.20. The zero-order valence-corrected chi connectivity index (χ0v) is 33.9. The summed E-state index contributed by atoms with van der Waals surface area (Å²) in [6, 6.07) is 11.9. The molecule has 2 aromatic rings. The van der Waals surface area contributed by atoms with Gasteiger partial charge in [0.25, 0.3) is 0 Å². The van der Waals surface area contributed by atoms with E-state index in [0.717, 1.165) is 25.7 Å². The summed E-state index contributed by atoms with van der Waals surface area (Å²) in [6.07, 6.45) is 18.6. The Morgan fingerprint density at radius 3 is 1.29 bits per heavy atom. The lowest BCUT2D eigenvalue weighted by molar-refractivity contribution is 0.126. The van der Waals surface area contributed by atoms with Gasteiger partial charge in [0.2, 0.25) is 20.0 Å². The van der Waals surface area contributed by atoms with Gasteiger partial charge in [0, 0.05) is 23.0 Å². The molecule has 0 radical (unpaired) electrons. The third kappa shape index (κ3) is 16.0. The first kappa shape index (κ1) is 44.1. The number of hydrogen-bond acceptors (Lipinski definition) is 7. The number of unbranched alkanes of at least 4 members (excludes halogenated alkanes) is 10. The van der Waals surface area contributed by atoms with Gasteiger partial charge < -0.3 is 4.74 Å². The molecule has 2 rings (SSSR count). The van der Waals surface area contributed by atoms with Crippen molar-refractivity contribution in [3.63, 3.8) is 0 Å². The molecular weight excluding hydrogens is 693 g/mol. The van der Waals surface area contributed by atoms with Gasteiger partial charge in [-0.25, -0.2) is 26.3 Å². The van der Waals surface area contributed by atoms with Crippen LogP contribution in [-0.4, -0.2) is 44.1 Å². The zero-order valence-electron chi connectivity index (χ0n) is 30.5. The molecule has 11 heteroatoms. The largest absolute Gasteiger partial charge is 0.381 e. The average molecular weight is 757 g/mol. The first-order chi connectivity index (χ1) is 23.5. The Morgan fingerprint density at radius 1 is 0.571 bits per heavy atom. The summed E-state index contributed by atoms with van der Waals surface area (Å²) in [7, 11) is -4.29. The number of sulfonamides is 2. The predicted octanol–water partition coefficient (Wildman–Crippen LogP) is 9.53. The molecule has 0 aliphatic rings. The predicted molar refractivity (Wildman–Crippen MR) is 212 cm³/mol. The molecule has 0 aliphatic carbocycles. The molecule has 0 spiro atoms. The van der Waals surface area contributed by atoms with Gasteiger partial charge in [-0.05, 0) is 99.8 Å². The number of ether oxygens (including phenoxy) is 1. The van der Waals surface area contributed by atoms with Gasteiger partial charge in [0.05, 0.1) is 0 Å². The van der Waals surface area contributed by atoms with Crippen molar-refractivity contribution in [2.45, 2.75) is 150 Å². The first-order valence-electron chi connectivity index (χ1n) is 18.6. The molecule has 0 aliphatic heterocycles. The van der Waals surface area contributed by atoms with Crippen molar-refractivity contribution in [2.75, 3.05) is 27.3 Å². The van der Waals surface area contributed by atoms with Crippen LogP contribution in [0.2, 0.25) is 0 Å². The lowest BCUT2D eigenvalue weighted by Crippen LogP contribution is -2.27. The van der Waals surface area contributed by atoms with E-state index in [1.165, 1.54) is 89.4 Å². The van der Waals surface area contributed by atoms with Crippen LogP contribution in [0.25, 0.3) is 0 Å². The number of rotatable bonds is 28. The third-order valence-corrected chi connectivity index (χ3v) is 13.7. The maximum atomic E-state index is 13.0. The van der Waals surface area contributed by atoms with E-state index >= 15 is 0 Å². The van der Waals surface area contributed by atoms with E-state index in [-0.39, 0.29) is 0 Å². The second-order valence-corrected chi connectivity index (χ2v) is 18.3. The molecule has 0 fully saturated rings. The van der Waals surface area contributed by atoms with Crippen molar-refractivity contribution in [2.24, 2.45) is 0 Å². The SMILES string of the molecule is CCCCCCCCc1ccc(C(CCCOCCCC(c2ccc(CCCCCCCC)cc2S)S(=O)(=O)NC)S(=O)(=O)NC)c(S)c1. The Labute approximate surface area is 310 Å². The van der Waals surface area contributed by atoms with E-state index in [2.05, 4.69) is 23.3 Å². The smallest absolute Gasteiger partial charge is 0.218 e. The monoisotopic (exact) mass is 756 g/mol. The van der Waals surface area contributed by atoms with Gasteiger partial charge in [0.15, 0.2) is 0 Å². The maximum absolute atomic E-state index is 13.0. The molecule has 0 saturated heterocycles. The molecule has 2 unspecified atom stereocenters. The minimum atomic E-state index is -3.59. The third-order valence-electron chi connectivity index (χ3n) is 9.35. The van der Waals surface area contributed by atoms with Crippen LogP contribution >= 0.6 is 25.3 Å². The van der Waals surface area contributed by atoms with Crippen molar-refractivity contribution in [1.29, 1.82) is 0 Å². The van der Waals surface area contributed by atoms with E-state index in [0.29, 0.717) is 59.8 Å². The van der Waals surface area contributed by atoms with Crippen molar-refractivity contribution < 1.29 is 21.6 Å². The summed E-state index contributed by atoms with van der Waals surface area (Å²) in [4.78, 5) is 1.40. The minimum Gasteiger partial charge on any atom is -0.381 e. The van der Waals surface area contributed by atoms with Crippen molar-refractivity contribution in [3.8, 4) is 0 Å². The summed E-state index contributed by atoms with van der Waals surface area (Å²) in [5.74, 6) is 0. The highest BCUT2D eigenvalue weighted by Crippen LogP contribution is 2.34. The molecule has 49 heavy (non-hydrogen) atoms. The van der Waals surface area contributed by atoms with Gasteiger partial charge in [-0.2, -0.15) is 0 Å². The fraction of sp³-hybridized carbons (Fsp3) is 0.684. The Kier molecular flexibility index (Phi) is 21.8. The molecular formula is C38H64N2O5S4. The molecule has 0 saturated carbocycles. The number of hydrogen-bond donors (Lipinski definition) is 4. The van der Waals surface area contributed by atoms with Crippen molar-refractivity contribution in [1.82, 2.24) is 9.44 Å². The van der Waals surface area contributed by atoms with E-state index in [9.17, 15) is 16.8 Å². The van der Waals surface area contributed by atoms with Crippen LogP contribution in [0.3, 0.4) is 0 Å². The number of thiol groups is 2. The highest BCUT2D eigenvalue weighted by atomic mass is 32.2. The summed E-state index contributed by atoms with van der Waals surface area (Å²) < 4.78 is 63.0. The quantitative estimate of drug-likeness (QED) is 0.0512. The minimum absolute atomic E-state index is 0.377. The Bertz CT molecular complexity index is 1330. The van der Waals surface area contributed by atoms with E-state index in [1.807, 2.05) is 36.4 Å². The van der Waals surface area contributed by atoms with E-state index in [4.69, 9.17) is 30.0 Å². The highest BCUT2D eigenvalue weighted by Gasteiger charge is 2.28. The molecule has 0 bridgehead atoms. The molecule has 7 nitrogen and oxygen atoms in total. The van der Waals surface area contributed by atoms with Crippen LogP contribution in [0.15, 0.2) is 46.2 Å². The van der Waals surface area contributed by atoms with Gasteiger partial charge in [0.1, 0.15) is 10.5 Å². The zero-order chi connectivity index (χ0) is 36.1. The first-order valence-corrected chi connectivity index (χ1v) is 22.5. The summed E-state index contributed by atoms with van der Waals surface area (Å²) >= 11 is 9.40. The fourth-order valence-electron chi connectivity index (χ4n) is 6.34. The topological polar surface area (TPSA) is 102 Å². The molecule has 2 N–H and O–H groups in total. The van der Waals surface area contributed by atoms with Crippen LogP contribution in [0.1, 0.15) is 149 Å². The molecule has 2 aromatic carbocycles. The maximum Gasteiger partial charge on any atom is 0.218 e. The molecule has 280 valence electrons. The standard InChI is InChI=1S/C38H64N2O5S4/c1-5-7-9-11-13-15-19-31-23-25-33(35(46)29-31)37(48(41,42)39-3)21-17-27-45-28-18-22-38(49(43,44)40-4)34-26-24-32(30-36(34)47)20-16-14-12-10-8-6-2/h23-26,29-30,37-40,46-47H,5-22,27-28H2,1-4H3. The number of benzene rings is 2. The lowest BCUT2D eigenvalue weighted by atomic mass is 10.0. The summed E-state index contributed by atoms with van der Waals surface area (Å²) in [5.41, 5.74) is 3.76. The Morgan fingerprint density at radius 2 is 0.939 bits per heavy atom. The number of nitrogens with one attached hydrogen (secondary N) is 2. The van der Waals surface area contributed by atoms with Crippen LogP contribution in [-0.2, 0) is 37.6 Å². The van der Waals surface area contributed by atoms with Crippen LogP contribution in [0.5, 0.6) is 0 Å². The van der Waals surface area contributed by atoms with Crippen LogP contribution in [0.4, 0.5) is 0 Å². The van der Waals surface area contributed by atoms with Crippen molar-refractivity contribution >= 4 is 45.3 Å². The second-order valence-electron chi connectivity index (χ2n) is 13.2. The highest BCUT2D eigenvalue weighted by molar-refractivity contribution is 7.90. The Hall–Kier alpha value is -1.08. The van der Waals surface area contributed by atoms with Gasteiger partial charge in [-0.1, -0.05) is 102 Å². The fourth-order valence-corrected chi connectivity index (χ4v) is 9.91. The Balaban J connectivity index is 1.90. The van der Waals surface area contributed by atoms with Crippen molar-refractivity contribution in [3.05, 3.63) is 58.7 Å². The lowest BCUT2D eigenvalue weighted by Gasteiger charge is -2.20. The van der Waals surface area contributed by atoms with Gasteiger partial charge >= 0.3 is 0 Å². The van der Waals surface area contributed by atoms with Crippen LogP contribution < -0.4 is 9.44 Å². The molecule has 0 heterocycles. The number of aryl methyl sites for hydroxylation is 2. The second kappa shape index (κ2) is 24.2. The average Bonchev–Trinajstić information content (AvgIpc) is 3.08. The van der Waals surface area contributed by atoms with E-state index < -0.39 is 30.5 Å². The normalized spacial score (nSPS) is 13.5.